The van der Waals surface area contributed by atoms with Gasteiger partial charge in [0, 0.05) is 33.8 Å². The van der Waals surface area contributed by atoms with E-state index in [-0.39, 0.29) is 0 Å². The zero-order valence-electron chi connectivity index (χ0n) is 7.31. The van der Waals surface area contributed by atoms with Crippen molar-refractivity contribution in [1.82, 2.24) is 9.38 Å². The van der Waals surface area contributed by atoms with Gasteiger partial charge in [-0.2, -0.15) is 0 Å². The van der Waals surface area contributed by atoms with Gasteiger partial charge in [0.1, 0.15) is 5.65 Å². The molecule has 3 aromatic rings. The molecule has 0 saturated heterocycles. The van der Waals surface area contributed by atoms with Crippen LogP contribution in [-0.4, -0.2) is 9.38 Å². The van der Waals surface area contributed by atoms with Gasteiger partial charge < -0.3 is 4.40 Å². The molecule has 0 bridgehead atoms. The summed E-state index contributed by atoms with van der Waals surface area (Å²) >= 11 is 3.53. The molecule has 0 amide bonds. The monoisotopic (exact) mass is 246 g/mol. The van der Waals surface area contributed by atoms with Crippen LogP contribution < -0.4 is 0 Å². The quantitative estimate of drug-likeness (QED) is 0.596. The van der Waals surface area contributed by atoms with Crippen LogP contribution >= 0.6 is 15.9 Å². The Morgan fingerprint density at radius 3 is 2.93 bits per heavy atom. The van der Waals surface area contributed by atoms with Crippen LogP contribution in [0.1, 0.15) is 0 Å². The number of hydrogen-bond acceptors (Lipinski definition) is 1. The average Bonchev–Trinajstić information content (AvgIpc) is 2.66. The van der Waals surface area contributed by atoms with Crippen LogP contribution in [0.2, 0.25) is 0 Å². The van der Waals surface area contributed by atoms with Gasteiger partial charge in [0.2, 0.25) is 0 Å². The first-order valence-electron chi connectivity index (χ1n) is 4.36. The third kappa shape index (κ3) is 0.990. The van der Waals surface area contributed by atoms with E-state index >= 15 is 0 Å². The number of rotatable bonds is 0. The zero-order valence-corrected chi connectivity index (χ0v) is 8.90. The van der Waals surface area contributed by atoms with Crippen molar-refractivity contribution < 1.29 is 0 Å². The van der Waals surface area contributed by atoms with Crippen molar-refractivity contribution in [2.45, 2.75) is 0 Å². The normalized spacial score (nSPS) is 11.2. The number of fused-ring (bicyclic) bond motifs is 3. The van der Waals surface area contributed by atoms with Crippen LogP contribution in [0.25, 0.3) is 16.4 Å². The van der Waals surface area contributed by atoms with Gasteiger partial charge in [-0.05, 0) is 12.1 Å². The van der Waals surface area contributed by atoms with E-state index in [1.807, 2.05) is 35.1 Å². The van der Waals surface area contributed by atoms with Crippen molar-refractivity contribution in [3.63, 3.8) is 0 Å². The molecule has 0 aliphatic rings. The molecule has 0 radical (unpaired) electrons. The van der Waals surface area contributed by atoms with Gasteiger partial charge in [-0.1, -0.05) is 28.1 Å². The summed E-state index contributed by atoms with van der Waals surface area (Å²) in [4.78, 5) is 4.33. The van der Waals surface area contributed by atoms with Gasteiger partial charge in [0.15, 0.2) is 0 Å². The lowest BCUT2D eigenvalue weighted by Gasteiger charge is -2.01. The fourth-order valence-electron chi connectivity index (χ4n) is 1.70. The molecule has 0 saturated carbocycles. The van der Waals surface area contributed by atoms with Crippen molar-refractivity contribution in [2.75, 3.05) is 0 Å². The molecule has 14 heavy (non-hydrogen) atoms. The van der Waals surface area contributed by atoms with Crippen molar-refractivity contribution in [1.29, 1.82) is 0 Å². The van der Waals surface area contributed by atoms with E-state index in [0.717, 1.165) is 10.1 Å². The average molecular weight is 247 g/mol. The van der Waals surface area contributed by atoms with Crippen LogP contribution in [0.5, 0.6) is 0 Å². The first kappa shape index (κ1) is 8.00. The lowest BCUT2D eigenvalue weighted by molar-refractivity contribution is 1.20. The highest BCUT2D eigenvalue weighted by Crippen LogP contribution is 2.25. The minimum atomic E-state index is 1.00. The summed E-state index contributed by atoms with van der Waals surface area (Å²) in [6.07, 6.45) is 5.79. The number of aromatic nitrogens is 2. The van der Waals surface area contributed by atoms with E-state index < -0.39 is 0 Å². The molecule has 0 N–H and O–H groups in total. The van der Waals surface area contributed by atoms with Gasteiger partial charge in [-0.15, -0.1) is 0 Å². The predicted octanol–water partition coefficient (Wildman–Crippen LogP) is 3.25. The molecule has 0 unspecified atom stereocenters. The molecule has 0 spiro atoms. The molecular weight excluding hydrogens is 240 g/mol. The minimum Gasteiger partial charge on any atom is -0.307 e. The van der Waals surface area contributed by atoms with Crippen LogP contribution in [0, 0.1) is 0 Å². The standard InChI is InChI=1S/C11H7BrN2/c12-10-3-1-2-9-8(10)4-6-14-7-5-13-11(9)14/h1-7H. The Kier molecular flexibility index (Phi) is 1.61. The summed E-state index contributed by atoms with van der Waals surface area (Å²) < 4.78 is 3.13. The van der Waals surface area contributed by atoms with Gasteiger partial charge in [-0.25, -0.2) is 4.98 Å². The fourth-order valence-corrected chi connectivity index (χ4v) is 2.20. The van der Waals surface area contributed by atoms with Crippen LogP contribution in [-0.2, 0) is 0 Å². The molecule has 0 atom stereocenters. The van der Waals surface area contributed by atoms with E-state index in [4.69, 9.17) is 0 Å². The van der Waals surface area contributed by atoms with E-state index in [9.17, 15) is 0 Å². The Bertz CT molecular complexity index is 613. The van der Waals surface area contributed by atoms with E-state index in [2.05, 4.69) is 33.0 Å². The largest absolute Gasteiger partial charge is 0.307 e. The third-order valence-corrected chi connectivity index (χ3v) is 3.06. The molecule has 0 aliphatic carbocycles. The molecule has 2 nitrogen and oxygen atoms in total. The van der Waals surface area contributed by atoms with E-state index in [0.29, 0.717) is 0 Å². The van der Waals surface area contributed by atoms with Crippen molar-refractivity contribution in [3.05, 3.63) is 47.3 Å². The zero-order chi connectivity index (χ0) is 9.54. The van der Waals surface area contributed by atoms with Gasteiger partial charge in [0.05, 0.1) is 0 Å². The molecule has 3 heteroatoms. The van der Waals surface area contributed by atoms with Gasteiger partial charge in [-0.3, -0.25) is 0 Å². The van der Waals surface area contributed by atoms with Crippen molar-refractivity contribution >= 4 is 32.3 Å². The minimum absolute atomic E-state index is 1.00. The summed E-state index contributed by atoms with van der Waals surface area (Å²) in [5.41, 5.74) is 1.00. The Labute approximate surface area is 89.3 Å². The van der Waals surface area contributed by atoms with Crippen molar-refractivity contribution in [3.8, 4) is 0 Å². The maximum Gasteiger partial charge on any atom is 0.144 e. The molecule has 0 fully saturated rings. The highest BCUT2D eigenvalue weighted by molar-refractivity contribution is 9.10. The second-order valence-electron chi connectivity index (χ2n) is 3.17. The van der Waals surface area contributed by atoms with Crippen molar-refractivity contribution in [2.24, 2.45) is 0 Å². The maximum atomic E-state index is 4.33. The smallest absolute Gasteiger partial charge is 0.144 e. The van der Waals surface area contributed by atoms with Gasteiger partial charge >= 0.3 is 0 Å². The molecule has 3 rings (SSSR count). The van der Waals surface area contributed by atoms with Gasteiger partial charge in [0.25, 0.3) is 0 Å². The maximum absolute atomic E-state index is 4.33. The Morgan fingerprint density at radius 2 is 2.00 bits per heavy atom. The number of nitrogens with zero attached hydrogens (tertiary/aromatic N) is 2. The molecular formula is C11H7BrN2. The lowest BCUT2D eigenvalue weighted by atomic mass is 10.2. The number of benzene rings is 1. The molecule has 68 valence electrons. The first-order valence-corrected chi connectivity index (χ1v) is 5.15. The SMILES string of the molecule is Brc1cccc2c1ccn1ccnc21. The third-order valence-electron chi connectivity index (χ3n) is 2.36. The summed E-state index contributed by atoms with van der Waals surface area (Å²) in [6, 6.07) is 8.25. The highest BCUT2D eigenvalue weighted by Gasteiger charge is 2.02. The lowest BCUT2D eigenvalue weighted by Crippen LogP contribution is -1.84. The number of halogens is 1. The summed E-state index contributed by atoms with van der Waals surface area (Å²) in [5.74, 6) is 0. The Morgan fingerprint density at radius 1 is 1.07 bits per heavy atom. The molecule has 2 aromatic heterocycles. The van der Waals surface area contributed by atoms with E-state index in [1.54, 1.807) is 0 Å². The van der Waals surface area contributed by atoms with Crippen LogP contribution in [0.4, 0.5) is 0 Å². The number of hydrogen-bond donors (Lipinski definition) is 0. The summed E-state index contributed by atoms with van der Waals surface area (Å²) in [7, 11) is 0. The molecule has 1 aromatic carbocycles. The topological polar surface area (TPSA) is 17.3 Å². The number of pyridine rings is 1. The molecule has 2 heterocycles. The summed E-state index contributed by atoms with van der Waals surface area (Å²) in [6.45, 7) is 0. The summed E-state index contributed by atoms with van der Waals surface area (Å²) in [5, 5.41) is 2.37. The Balaban J connectivity index is 2.64. The second kappa shape index (κ2) is 2.82. The predicted molar refractivity (Wildman–Crippen MR) is 60.4 cm³/mol. The first-order chi connectivity index (χ1) is 6.86. The highest BCUT2D eigenvalue weighted by atomic mass is 79.9. The van der Waals surface area contributed by atoms with Crippen LogP contribution in [0.3, 0.4) is 0 Å². The van der Waals surface area contributed by atoms with E-state index in [1.165, 1.54) is 10.8 Å². The molecule has 0 aliphatic heterocycles. The Hall–Kier alpha value is -1.35. The number of imidazole rings is 1. The fraction of sp³-hybridized carbons (Fsp3) is 0. The second-order valence-corrected chi connectivity index (χ2v) is 4.03. The van der Waals surface area contributed by atoms with Crippen LogP contribution in [0.15, 0.2) is 47.3 Å².